The molecule has 3 heteroatoms. The fraction of sp³-hybridized carbons (Fsp3) is 0.800. The molecule has 2 unspecified atom stereocenters. The lowest BCUT2D eigenvalue weighted by Crippen LogP contribution is -2.22. The molecule has 0 saturated carbocycles. The Morgan fingerprint density at radius 1 is 0.442 bits per heavy atom. The molecule has 0 aromatic rings. The lowest BCUT2D eigenvalue weighted by molar-refractivity contribution is -0.0709. The highest BCUT2D eigenvalue weighted by Crippen LogP contribution is 2.29. The summed E-state index contributed by atoms with van der Waals surface area (Å²) in [7, 11) is 2.01. The van der Waals surface area contributed by atoms with E-state index in [2.05, 4.69) is 67.8 Å². The van der Waals surface area contributed by atoms with Crippen LogP contribution in [0, 0.1) is 0 Å². The molecule has 1 aliphatic rings. The first-order valence-electron chi connectivity index (χ1n) is 18.9. The molecule has 1 N–H and O–H groups in total. The number of unbranched alkanes of at least 4 members (excludes halogenated alkanes) is 16. The molecular formula is C40H73NO2. The molecule has 0 aromatic carbocycles. The molecule has 0 aromatic heterocycles. The zero-order valence-corrected chi connectivity index (χ0v) is 29.1. The summed E-state index contributed by atoms with van der Waals surface area (Å²) in [4.78, 5) is 0. The van der Waals surface area contributed by atoms with Gasteiger partial charge in [-0.25, -0.2) is 0 Å². The van der Waals surface area contributed by atoms with Crippen LogP contribution in [0.5, 0.6) is 0 Å². The Bertz CT molecular complexity index is 628. The van der Waals surface area contributed by atoms with Crippen LogP contribution in [0.1, 0.15) is 174 Å². The van der Waals surface area contributed by atoms with Crippen molar-refractivity contribution in [3.63, 3.8) is 0 Å². The number of ether oxygens (including phenoxy) is 2. The van der Waals surface area contributed by atoms with Crippen LogP contribution in [0.4, 0.5) is 0 Å². The minimum atomic E-state index is -0.0154. The molecule has 0 spiro atoms. The number of allylic oxidation sites excluding steroid dienone is 8. The third-order valence-corrected chi connectivity index (χ3v) is 8.58. The Balaban J connectivity index is 2.09. The molecule has 0 radical (unpaired) electrons. The number of hydrogen-bond acceptors (Lipinski definition) is 3. The second-order valence-corrected chi connectivity index (χ2v) is 12.7. The average Bonchev–Trinajstić information content (AvgIpc) is 3.41. The third kappa shape index (κ3) is 25.8. The fourth-order valence-corrected chi connectivity index (χ4v) is 5.82. The van der Waals surface area contributed by atoms with Crippen LogP contribution in [0.3, 0.4) is 0 Å². The van der Waals surface area contributed by atoms with Gasteiger partial charge in [-0.2, -0.15) is 0 Å². The van der Waals surface area contributed by atoms with Crippen LogP contribution in [0.25, 0.3) is 0 Å². The van der Waals surface area contributed by atoms with Crippen LogP contribution in [-0.2, 0) is 9.47 Å². The van der Waals surface area contributed by atoms with Gasteiger partial charge in [0.05, 0.1) is 12.2 Å². The maximum absolute atomic E-state index is 6.38. The van der Waals surface area contributed by atoms with Crippen molar-refractivity contribution in [2.75, 3.05) is 13.6 Å². The first-order valence-corrected chi connectivity index (χ1v) is 18.9. The quantitative estimate of drug-likeness (QED) is 0.0635. The van der Waals surface area contributed by atoms with Gasteiger partial charge in [0.25, 0.3) is 0 Å². The van der Waals surface area contributed by atoms with Gasteiger partial charge in [0.15, 0.2) is 6.29 Å². The van der Waals surface area contributed by atoms with Crippen molar-refractivity contribution in [2.24, 2.45) is 0 Å². The first kappa shape index (κ1) is 39.9. The van der Waals surface area contributed by atoms with Crippen LogP contribution in [0.15, 0.2) is 48.6 Å². The van der Waals surface area contributed by atoms with Gasteiger partial charge >= 0.3 is 0 Å². The van der Waals surface area contributed by atoms with E-state index >= 15 is 0 Å². The average molecular weight is 600 g/mol. The van der Waals surface area contributed by atoms with E-state index in [1.807, 2.05) is 7.05 Å². The Morgan fingerprint density at radius 2 is 0.814 bits per heavy atom. The first-order chi connectivity index (χ1) is 21.3. The van der Waals surface area contributed by atoms with E-state index < -0.39 is 0 Å². The van der Waals surface area contributed by atoms with Gasteiger partial charge in [-0.15, -0.1) is 0 Å². The van der Waals surface area contributed by atoms with Gasteiger partial charge in [0.1, 0.15) is 0 Å². The number of hydrogen-bond donors (Lipinski definition) is 1. The predicted molar refractivity (Wildman–Crippen MR) is 191 cm³/mol. The minimum absolute atomic E-state index is 0.0154. The Hall–Kier alpha value is -1.16. The summed E-state index contributed by atoms with van der Waals surface area (Å²) in [6.07, 6.45) is 51.0. The van der Waals surface area contributed by atoms with Crippen molar-refractivity contribution in [2.45, 2.75) is 193 Å². The van der Waals surface area contributed by atoms with E-state index in [1.54, 1.807) is 0 Å². The third-order valence-electron chi connectivity index (χ3n) is 8.58. The van der Waals surface area contributed by atoms with Gasteiger partial charge in [-0.3, -0.25) is 0 Å². The van der Waals surface area contributed by atoms with Crippen molar-refractivity contribution < 1.29 is 9.47 Å². The summed E-state index contributed by atoms with van der Waals surface area (Å²) in [5, 5.41) is 3.25. The van der Waals surface area contributed by atoms with E-state index in [-0.39, 0.29) is 6.29 Å². The molecule has 1 heterocycles. The summed E-state index contributed by atoms with van der Waals surface area (Å²) in [6.45, 7) is 5.49. The largest absolute Gasteiger partial charge is 0.347 e. The van der Waals surface area contributed by atoms with Crippen molar-refractivity contribution in [1.82, 2.24) is 5.32 Å². The van der Waals surface area contributed by atoms with E-state index in [0.29, 0.717) is 12.2 Å². The topological polar surface area (TPSA) is 30.5 Å². The second-order valence-electron chi connectivity index (χ2n) is 12.7. The lowest BCUT2D eigenvalue weighted by Gasteiger charge is -2.16. The monoisotopic (exact) mass is 600 g/mol. The fourth-order valence-electron chi connectivity index (χ4n) is 5.82. The highest BCUT2D eigenvalue weighted by Gasteiger charge is 2.34. The van der Waals surface area contributed by atoms with E-state index in [9.17, 15) is 0 Å². The normalized spacial score (nSPS) is 19.4. The molecule has 1 fully saturated rings. The molecule has 0 bridgehead atoms. The SMILES string of the molecule is CCCCC/C=C/C/C=C/CCCCCCCC1OC(CCNC)OC1CCCCCCC/C=C/C/C=C/CCCCC. The molecule has 43 heavy (non-hydrogen) atoms. The van der Waals surface area contributed by atoms with Crippen LogP contribution in [0.2, 0.25) is 0 Å². The molecule has 2 atom stereocenters. The van der Waals surface area contributed by atoms with Crippen molar-refractivity contribution in [3.8, 4) is 0 Å². The molecule has 0 amide bonds. The van der Waals surface area contributed by atoms with Gasteiger partial charge in [-0.05, 0) is 90.6 Å². The summed E-state index contributed by atoms with van der Waals surface area (Å²) in [6, 6.07) is 0. The predicted octanol–water partition coefficient (Wildman–Crippen LogP) is 12.3. The number of nitrogens with one attached hydrogen (secondary N) is 1. The zero-order chi connectivity index (χ0) is 30.9. The molecule has 1 rings (SSSR count). The summed E-state index contributed by atoms with van der Waals surface area (Å²) >= 11 is 0. The Labute approximate surface area is 269 Å². The molecule has 3 nitrogen and oxygen atoms in total. The summed E-state index contributed by atoms with van der Waals surface area (Å²) in [5.74, 6) is 0. The van der Waals surface area contributed by atoms with Crippen molar-refractivity contribution >= 4 is 0 Å². The van der Waals surface area contributed by atoms with Crippen molar-refractivity contribution in [3.05, 3.63) is 48.6 Å². The molecule has 1 saturated heterocycles. The Morgan fingerprint density at radius 3 is 1.21 bits per heavy atom. The van der Waals surface area contributed by atoms with Crippen molar-refractivity contribution in [1.29, 1.82) is 0 Å². The van der Waals surface area contributed by atoms with Gasteiger partial charge in [-0.1, -0.05) is 140 Å². The number of rotatable bonds is 31. The van der Waals surface area contributed by atoms with E-state index in [4.69, 9.17) is 9.47 Å². The summed E-state index contributed by atoms with van der Waals surface area (Å²) < 4.78 is 12.8. The molecule has 1 aliphatic heterocycles. The summed E-state index contributed by atoms with van der Waals surface area (Å²) in [5.41, 5.74) is 0. The van der Waals surface area contributed by atoms with E-state index in [0.717, 1.165) is 38.6 Å². The van der Waals surface area contributed by atoms with Gasteiger partial charge in [0.2, 0.25) is 0 Å². The Kier molecular flexibility index (Phi) is 29.9. The van der Waals surface area contributed by atoms with Crippen LogP contribution < -0.4 is 5.32 Å². The maximum atomic E-state index is 6.38. The minimum Gasteiger partial charge on any atom is -0.347 e. The molecule has 250 valence electrons. The van der Waals surface area contributed by atoms with E-state index in [1.165, 1.54) is 128 Å². The highest BCUT2D eigenvalue weighted by molar-refractivity contribution is 4.93. The molecule has 0 aliphatic carbocycles. The highest BCUT2D eigenvalue weighted by atomic mass is 16.7. The lowest BCUT2D eigenvalue weighted by atomic mass is 9.99. The van der Waals surface area contributed by atoms with Gasteiger partial charge in [0, 0.05) is 6.42 Å². The molecular weight excluding hydrogens is 526 g/mol. The van der Waals surface area contributed by atoms with Crippen LogP contribution in [-0.4, -0.2) is 32.1 Å². The zero-order valence-electron chi connectivity index (χ0n) is 29.1. The van der Waals surface area contributed by atoms with Crippen LogP contribution >= 0.6 is 0 Å². The smallest absolute Gasteiger partial charge is 0.159 e. The van der Waals surface area contributed by atoms with Gasteiger partial charge < -0.3 is 14.8 Å². The maximum Gasteiger partial charge on any atom is 0.159 e. The second kappa shape index (κ2) is 32.2. The standard InChI is InChI=1S/C40H73NO2/c1-4-6-8-10-12-14-16-18-20-22-24-26-28-30-32-34-38-39(43-40(42-38)36-37-41-3)35-33-31-29-27-25-23-21-19-17-15-13-11-9-7-5-2/h12-15,18-21,38-41H,4-11,16-17,22-37H2,1-3H3/b14-12+,15-13+,20-18+,21-19+.